The lowest BCUT2D eigenvalue weighted by atomic mass is 10.1. The molecule has 1 fully saturated rings. The van der Waals surface area contributed by atoms with Crippen LogP contribution >= 0.6 is 0 Å². The average Bonchev–Trinajstić information content (AvgIpc) is 3.59. The molecule has 0 atom stereocenters. The number of imidazole rings is 1. The van der Waals surface area contributed by atoms with Gasteiger partial charge in [0.05, 0.1) is 28.1 Å². The lowest BCUT2D eigenvalue weighted by Gasteiger charge is -2.26. The van der Waals surface area contributed by atoms with Crippen molar-refractivity contribution in [2.24, 2.45) is 0 Å². The van der Waals surface area contributed by atoms with Crippen molar-refractivity contribution in [2.45, 2.75) is 25.8 Å². The molecule has 2 N–H and O–H groups in total. The maximum atomic E-state index is 16.1. The number of hydrogen-bond donors (Lipinski definition) is 2. The van der Waals surface area contributed by atoms with E-state index in [0.29, 0.717) is 28.0 Å². The first-order valence-electron chi connectivity index (χ1n) is 12.8. The molecule has 1 saturated heterocycles. The Balaban J connectivity index is 1.29. The number of likely N-dealkylation sites (tertiary alicyclic amines) is 1. The summed E-state index contributed by atoms with van der Waals surface area (Å²) in [6, 6.07) is 11.8. The Bertz CT molecular complexity index is 1750. The third kappa shape index (κ3) is 4.01. The summed E-state index contributed by atoms with van der Waals surface area (Å²) in [6.45, 7) is 2.98. The molecule has 38 heavy (non-hydrogen) atoms. The van der Waals surface area contributed by atoms with E-state index < -0.39 is 5.82 Å². The van der Waals surface area contributed by atoms with E-state index in [2.05, 4.69) is 35.0 Å². The van der Waals surface area contributed by atoms with Gasteiger partial charge in [-0.1, -0.05) is 18.6 Å². The molecule has 0 unspecified atom stereocenters. The van der Waals surface area contributed by atoms with E-state index in [1.54, 1.807) is 24.8 Å². The highest BCUT2D eigenvalue weighted by atomic mass is 19.1. The molecule has 188 valence electrons. The summed E-state index contributed by atoms with van der Waals surface area (Å²) in [5.74, 6) is 0.0405. The second-order valence-corrected chi connectivity index (χ2v) is 9.72. The summed E-state index contributed by atoms with van der Waals surface area (Å²) in [4.78, 5) is 23.5. The van der Waals surface area contributed by atoms with Gasteiger partial charge in [-0.25, -0.2) is 9.37 Å². The zero-order valence-electron chi connectivity index (χ0n) is 20.7. The topological polar surface area (TPSA) is 99.3 Å². The number of para-hydroxylation sites is 1. The third-order valence-corrected chi connectivity index (χ3v) is 7.20. The highest BCUT2D eigenvalue weighted by Gasteiger charge is 2.21. The fourth-order valence-corrected chi connectivity index (χ4v) is 5.34. The minimum Gasteiger partial charge on any atom is -0.337 e. The van der Waals surface area contributed by atoms with E-state index in [1.807, 2.05) is 42.6 Å². The van der Waals surface area contributed by atoms with Gasteiger partial charge in [0.25, 0.3) is 0 Å². The zero-order chi connectivity index (χ0) is 25.5. The molecule has 0 amide bonds. The fraction of sp³-hybridized carbons (Fsp3) is 0.207. The van der Waals surface area contributed by atoms with Gasteiger partial charge in [-0.3, -0.25) is 25.0 Å². The molecule has 8 nitrogen and oxygen atoms in total. The van der Waals surface area contributed by atoms with E-state index >= 15 is 4.39 Å². The Kier molecular flexibility index (Phi) is 5.62. The number of fused-ring (bicyclic) bond motifs is 2. The van der Waals surface area contributed by atoms with E-state index in [1.165, 1.54) is 19.3 Å². The summed E-state index contributed by atoms with van der Waals surface area (Å²) in [6.07, 6.45) is 12.4. The summed E-state index contributed by atoms with van der Waals surface area (Å²) in [5.41, 5.74) is 6.47. The van der Waals surface area contributed by atoms with Crippen LogP contribution in [0.1, 0.15) is 24.8 Å². The summed E-state index contributed by atoms with van der Waals surface area (Å²) in [5, 5.41) is 7.69. The molecular weight excluding hydrogens is 479 g/mol. The average molecular weight is 505 g/mol. The van der Waals surface area contributed by atoms with E-state index in [-0.39, 0.29) is 5.69 Å². The fourth-order valence-electron chi connectivity index (χ4n) is 5.34. The first-order chi connectivity index (χ1) is 18.7. The molecule has 0 bridgehead atoms. The summed E-state index contributed by atoms with van der Waals surface area (Å²) in [7, 11) is 0. The second kappa shape index (κ2) is 9.42. The van der Waals surface area contributed by atoms with Crippen LogP contribution in [0.25, 0.3) is 55.8 Å². The van der Waals surface area contributed by atoms with Crippen molar-refractivity contribution in [1.29, 1.82) is 0 Å². The first kappa shape index (κ1) is 22.7. The number of piperidine rings is 1. The molecule has 6 aromatic rings. The normalized spacial score (nSPS) is 14.4. The molecule has 1 aromatic carbocycles. The number of hydrogen-bond acceptors (Lipinski definition) is 6. The Hall–Kier alpha value is -4.50. The highest BCUT2D eigenvalue weighted by Crippen LogP contribution is 2.34. The van der Waals surface area contributed by atoms with Crippen LogP contribution in [-0.4, -0.2) is 53.1 Å². The Labute approximate surface area is 218 Å². The van der Waals surface area contributed by atoms with Gasteiger partial charge >= 0.3 is 0 Å². The lowest BCUT2D eigenvalue weighted by Crippen LogP contribution is -2.29. The van der Waals surface area contributed by atoms with Crippen LogP contribution in [0.3, 0.4) is 0 Å². The Morgan fingerprint density at radius 1 is 0.868 bits per heavy atom. The van der Waals surface area contributed by atoms with E-state index in [0.717, 1.165) is 47.4 Å². The van der Waals surface area contributed by atoms with Crippen molar-refractivity contribution < 1.29 is 4.39 Å². The minimum absolute atomic E-state index is 0.252. The molecule has 9 heteroatoms. The van der Waals surface area contributed by atoms with Crippen molar-refractivity contribution in [3.63, 3.8) is 0 Å². The van der Waals surface area contributed by atoms with Crippen LogP contribution in [0.15, 0.2) is 67.4 Å². The smallest absolute Gasteiger partial charge is 0.161 e. The quantitative estimate of drug-likeness (QED) is 0.310. The van der Waals surface area contributed by atoms with Crippen LogP contribution < -0.4 is 0 Å². The molecule has 7 rings (SSSR count). The molecule has 6 heterocycles. The number of halogens is 1. The standard InChI is InChI=1S/C29H25FN8/c30-25-24-23(16-33-26(25)20-13-18(14-32-15-20)17-38-11-2-1-3-12-38)36-37-28(24)29-34-22-6-4-5-21(27(22)35-29)19-7-9-31-10-8-19/h4-10,13-16H,1-3,11-12,17H2,(H,34,35)(H,36,37). The van der Waals surface area contributed by atoms with Crippen molar-refractivity contribution in [3.05, 3.63) is 78.8 Å². The van der Waals surface area contributed by atoms with Gasteiger partial charge in [0.15, 0.2) is 11.6 Å². The van der Waals surface area contributed by atoms with Crippen LogP contribution in [0.4, 0.5) is 4.39 Å². The second-order valence-electron chi connectivity index (χ2n) is 9.72. The molecule has 0 aliphatic carbocycles. The number of nitrogens with zero attached hydrogens (tertiary/aromatic N) is 6. The van der Waals surface area contributed by atoms with Crippen molar-refractivity contribution >= 4 is 21.9 Å². The maximum Gasteiger partial charge on any atom is 0.161 e. The minimum atomic E-state index is -0.446. The molecule has 5 aromatic heterocycles. The Morgan fingerprint density at radius 3 is 2.61 bits per heavy atom. The first-order valence-corrected chi connectivity index (χ1v) is 12.8. The monoisotopic (exact) mass is 504 g/mol. The number of nitrogens with one attached hydrogen (secondary N) is 2. The highest BCUT2D eigenvalue weighted by molar-refractivity contribution is 5.98. The molecule has 0 radical (unpaired) electrons. The van der Waals surface area contributed by atoms with Crippen LogP contribution in [0, 0.1) is 5.82 Å². The number of pyridine rings is 3. The van der Waals surface area contributed by atoms with Crippen LogP contribution in [0.2, 0.25) is 0 Å². The number of aromatic nitrogens is 7. The van der Waals surface area contributed by atoms with Gasteiger partial charge in [0.2, 0.25) is 0 Å². The number of H-pyrrole nitrogens is 2. The van der Waals surface area contributed by atoms with Gasteiger partial charge in [-0.2, -0.15) is 5.10 Å². The third-order valence-electron chi connectivity index (χ3n) is 7.20. The maximum absolute atomic E-state index is 16.1. The SMILES string of the molecule is Fc1c(-c2cncc(CN3CCCCC3)c2)ncc2[nH]nc(-c3nc4c(-c5ccncc5)cccc4[nH]3)c12. The largest absolute Gasteiger partial charge is 0.337 e. The van der Waals surface area contributed by atoms with Crippen molar-refractivity contribution in [2.75, 3.05) is 13.1 Å². The van der Waals surface area contributed by atoms with Gasteiger partial charge in [-0.05, 0) is 61.3 Å². The van der Waals surface area contributed by atoms with Crippen molar-refractivity contribution in [1.82, 2.24) is 40.0 Å². The van der Waals surface area contributed by atoms with E-state index in [9.17, 15) is 0 Å². The summed E-state index contributed by atoms with van der Waals surface area (Å²) < 4.78 is 16.1. The molecule has 1 aliphatic heterocycles. The molecule has 1 aliphatic rings. The predicted octanol–water partition coefficient (Wildman–Crippen LogP) is 5.75. The number of rotatable bonds is 5. The van der Waals surface area contributed by atoms with Gasteiger partial charge in [0.1, 0.15) is 11.4 Å². The zero-order valence-corrected chi connectivity index (χ0v) is 20.7. The number of aromatic amines is 2. The molecule has 0 spiro atoms. The molecular formula is C29H25FN8. The van der Waals surface area contributed by atoms with Gasteiger partial charge < -0.3 is 4.98 Å². The Morgan fingerprint density at radius 2 is 1.74 bits per heavy atom. The number of benzene rings is 1. The van der Waals surface area contributed by atoms with Crippen LogP contribution in [-0.2, 0) is 6.54 Å². The lowest BCUT2D eigenvalue weighted by molar-refractivity contribution is 0.220. The molecule has 0 saturated carbocycles. The van der Waals surface area contributed by atoms with Gasteiger partial charge in [0, 0.05) is 42.5 Å². The summed E-state index contributed by atoms with van der Waals surface area (Å²) >= 11 is 0. The van der Waals surface area contributed by atoms with Gasteiger partial charge in [-0.15, -0.1) is 0 Å². The van der Waals surface area contributed by atoms with E-state index in [4.69, 9.17) is 4.98 Å². The van der Waals surface area contributed by atoms with Crippen LogP contribution in [0.5, 0.6) is 0 Å². The van der Waals surface area contributed by atoms with Crippen molar-refractivity contribution in [3.8, 4) is 33.9 Å². The predicted molar refractivity (Wildman–Crippen MR) is 145 cm³/mol.